The van der Waals surface area contributed by atoms with Crippen LogP contribution in [0.25, 0.3) is 0 Å². The Kier molecular flexibility index (Phi) is 5.67. The molecule has 2 rings (SSSR count). The third kappa shape index (κ3) is 3.85. The maximum absolute atomic E-state index is 4.53. The number of rotatable bonds is 5. The molecule has 1 N–H and O–H groups in total. The molecular weight excluding hydrogens is 314 g/mol. The largest absolute Gasteiger partial charge is 0.314 e. The molecule has 1 aromatic rings. The van der Waals surface area contributed by atoms with Gasteiger partial charge in [0.15, 0.2) is 0 Å². The summed E-state index contributed by atoms with van der Waals surface area (Å²) in [6.07, 6.45) is 6.67. The molecule has 0 aliphatic heterocycles. The molecule has 20 heavy (non-hydrogen) atoms. The number of hydrogen-bond acceptors (Lipinski definition) is 2. The van der Waals surface area contributed by atoms with Gasteiger partial charge in [-0.1, -0.05) is 26.7 Å². The Bertz CT molecular complexity index is 439. The molecule has 3 nitrogen and oxygen atoms in total. The lowest BCUT2D eigenvalue weighted by Crippen LogP contribution is -2.35. The maximum atomic E-state index is 4.53. The first-order valence-electron chi connectivity index (χ1n) is 7.90. The van der Waals surface area contributed by atoms with Crippen molar-refractivity contribution < 1.29 is 0 Å². The first-order chi connectivity index (χ1) is 9.49. The van der Waals surface area contributed by atoms with Gasteiger partial charge in [-0.25, -0.2) is 0 Å². The summed E-state index contributed by atoms with van der Waals surface area (Å²) in [5.74, 6) is 1.61. The lowest BCUT2D eigenvalue weighted by molar-refractivity contribution is 0.221. The van der Waals surface area contributed by atoms with Crippen LogP contribution in [0.15, 0.2) is 4.47 Å². The van der Waals surface area contributed by atoms with Crippen molar-refractivity contribution in [3.05, 3.63) is 15.9 Å². The van der Waals surface area contributed by atoms with Gasteiger partial charge in [0, 0.05) is 13.1 Å². The van der Waals surface area contributed by atoms with Crippen molar-refractivity contribution in [2.75, 3.05) is 6.54 Å². The fraction of sp³-hybridized carbons (Fsp3) is 0.812. The molecule has 2 unspecified atom stereocenters. The van der Waals surface area contributed by atoms with Gasteiger partial charge in [0.1, 0.15) is 0 Å². The smallest absolute Gasteiger partial charge is 0.0738 e. The molecule has 0 radical (unpaired) electrons. The summed E-state index contributed by atoms with van der Waals surface area (Å²) in [4.78, 5) is 0. The fourth-order valence-corrected chi connectivity index (χ4v) is 3.86. The van der Waals surface area contributed by atoms with Crippen molar-refractivity contribution in [1.29, 1.82) is 0 Å². The van der Waals surface area contributed by atoms with E-state index in [0.29, 0.717) is 6.04 Å². The van der Waals surface area contributed by atoms with Crippen LogP contribution in [-0.2, 0) is 13.5 Å². The molecule has 4 heteroatoms. The van der Waals surface area contributed by atoms with Crippen molar-refractivity contribution in [2.24, 2.45) is 18.9 Å². The van der Waals surface area contributed by atoms with Gasteiger partial charge >= 0.3 is 0 Å². The van der Waals surface area contributed by atoms with E-state index in [1.807, 2.05) is 0 Å². The third-order valence-corrected chi connectivity index (χ3v) is 5.60. The van der Waals surface area contributed by atoms with E-state index >= 15 is 0 Å². The highest BCUT2D eigenvalue weighted by Crippen LogP contribution is 2.34. The van der Waals surface area contributed by atoms with Crippen LogP contribution in [0.1, 0.15) is 50.9 Å². The summed E-state index contributed by atoms with van der Waals surface area (Å²) in [6, 6.07) is 0.586. The summed E-state index contributed by atoms with van der Waals surface area (Å²) in [5.41, 5.74) is 2.47. The van der Waals surface area contributed by atoms with Gasteiger partial charge in [0.25, 0.3) is 0 Å². The molecule has 0 saturated heterocycles. The van der Waals surface area contributed by atoms with Gasteiger partial charge < -0.3 is 5.32 Å². The van der Waals surface area contributed by atoms with Gasteiger partial charge in [0.05, 0.1) is 15.9 Å². The number of nitrogens with zero attached hydrogens (tertiary/aromatic N) is 2. The number of halogens is 1. The molecule has 1 aliphatic carbocycles. The van der Waals surface area contributed by atoms with Crippen LogP contribution in [0.5, 0.6) is 0 Å². The third-order valence-electron chi connectivity index (χ3n) is 4.57. The van der Waals surface area contributed by atoms with Crippen LogP contribution in [0.2, 0.25) is 0 Å². The molecule has 114 valence electrons. The molecule has 2 atom stereocenters. The van der Waals surface area contributed by atoms with Crippen LogP contribution in [-0.4, -0.2) is 22.4 Å². The Hall–Kier alpha value is -0.350. The first kappa shape index (κ1) is 16.0. The highest BCUT2D eigenvalue weighted by Gasteiger charge is 2.27. The molecule has 0 aromatic carbocycles. The van der Waals surface area contributed by atoms with Gasteiger partial charge in [-0.15, -0.1) is 0 Å². The van der Waals surface area contributed by atoms with Crippen molar-refractivity contribution in [1.82, 2.24) is 15.1 Å². The van der Waals surface area contributed by atoms with Crippen LogP contribution in [0.4, 0.5) is 0 Å². The predicted molar refractivity (Wildman–Crippen MR) is 87.9 cm³/mol. The normalized spacial score (nSPS) is 23.5. The fourth-order valence-electron chi connectivity index (χ4n) is 3.36. The van der Waals surface area contributed by atoms with E-state index in [-0.39, 0.29) is 0 Å². The Balaban J connectivity index is 2.04. The van der Waals surface area contributed by atoms with Gasteiger partial charge in [-0.3, -0.25) is 4.68 Å². The second-order valence-corrected chi connectivity index (χ2v) is 7.33. The summed E-state index contributed by atoms with van der Waals surface area (Å²) in [6.45, 7) is 7.71. The minimum Gasteiger partial charge on any atom is -0.314 e. The first-order valence-corrected chi connectivity index (χ1v) is 8.69. The Labute approximate surface area is 131 Å². The lowest BCUT2D eigenvalue weighted by atomic mass is 9.76. The van der Waals surface area contributed by atoms with Gasteiger partial charge in [-0.05, 0) is 60.5 Å². The SMILES string of the molecule is Cc1nn(C)c(CC2CCCCC2CNC(C)C)c1Br. The van der Waals surface area contributed by atoms with Crippen molar-refractivity contribution in [3.63, 3.8) is 0 Å². The molecule has 0 amide bonds. The minimum absolute atomic E-state index is 0.586. The maximum Gasteiger partial charge on any atom is 0.0738 e. The molecule has 1 aromatic heterocycles. The Morgan fingerprint density at radius 2 is 1.95 bits per heavy atom. The summed E-state index contributed by atoms with van der Waals surface area (Å²) >= 11 is 3.71. The molecule has 1 saturated carbocycles. The van der Waals surface area contributed by atoms with E-state index in [1.165, 1.54) is 35.8 Å². The van der Waals surface area contributed by atoms with E-state index in [4.69, 9.17) is 0 Å². The Morgan fingerprint density at radius 1 is 1.30 bits per heavy atom. The van der Waals surface area contributed by atoms with Crippen LogP contribution < -0.4 is 5.32 Å². The average Bonchev–Trinajstić information content (AvgIpc) is 2.64. The predicted octanol–water partition coefficient (Wildman–Crippen LogP) is 3.84. The molecule has 1 aliphatic rings. The van der Waals surface area contributed by atoms with Crippen molar-refractivity contribution in [2.45, 2.75) is 58.9 Å². The van der Waals surface area contributed by atoms with Gasteiger partial charge in [0.2, 0.25) is 0 Å². The number of nitrogens with one attached hydrogen (secondary N) is 1. The highest BCUT2D eigenvalue weighted by molar-refractivity contribution is 9.10. The molecule has 0 spiro atoms. The quantitative estimate of drug-likeness (QED) is 0.881. The zero-order chi connectivity index (χ0) is 14.7. The summed E-state index contributed by atoms with van der Waals surface area (Å²) in [5, 5.41) is 8.16. The van der Waals surface area contributed by atoms with E-state index in [0.717, 1.165) is 30.5 Å². The van der Waals surface area contributed by atoms with Gasteiger partial charge in [-0.2, -0.15) is 5.10 Å². The van der Waals surface area contributed by atoms with E-state index in [2.05, 4.69) is 58.8 Å². The topological polar surface area (TPSA) is 29.9 Å². The lowest BCUT2D eigenvalue weighted by Gasteiger charge is -2.32. The Morgan fingerprint density at radius 3 is 2.50 bits per heavy atom. The van der Waals surface area contributed by atoms with Crippen LogP contribution in [0.3, 0.4) is 0 Å². The van der Waals surface area contributed by atoms with E-state index in [1.54, 1.807) is 0 Å². The van der Waals surface area contributed by atoms with Crippen LogP contribution in [0, 0.1) is 18.8 Å². The number of hydrogen-bond donors (Lipinski definition) is 1. The highest BCUT2D eigenvalue weighted by atomic mass is 79.9. The minimum atomic E-state index is 0.586. The van der Waals surface area contributed by atoms with Crippen molar-refractivity contribution in [3.8, 4) is 0 Å². The monoisotopic (exact) mass is 341 g/mol. The van der Waals surface area contributed by atoms with Crippen molar-refractivity contribution >= 4 is 15.9 Å². The average molecular weight is 342 g/mol. The van der Waals surface area contributed by atoms with E-state index in [9.17, 15) is 0 Å². The second kappa shape index (κ2) is 7.08. The molecule has 1 heterocycles. The second-order valence-electron chi connectivity index (χ2n) is 6.54. The van der Waals surface area contributed by atoms with E-state index < -0.39 is 0 Å². The molecular formula is C16H28BrN3. The standard InChI is InChI=1S/C16H28BrN3/c1-11(2)18-10-14-8-6-5-7-13(14)9-15-16(17)12(3)19-20(15)4/h11,13-14,18H,5-10H2,1-4H3. The zero-order valence-electron chi connectivity index (χ0n) is 13.2. The van der Waals surface area contributed by atoms with Crippen LogP contribution >= 0.6 is 15.9 Å². The molecule has 0 bridgehead atoms. The number of aromatic nitrogens is 2. The zero-order valence-corrected chi connectivity index (χ0v) is 14.8. The summed E-state index contributed by atoms with van der Waals surface area (Å²) < 4.78 is 3.27. The molecule has 1 fully saturated rings. The number of aryl methyl sites for hydroxylation is 2. The summed E-state index contributed by atoms with van der Waals surface area (Å²) in [7, 11) is 2.07.